The minimum absolute atomic E-state index is 0.426. The van der Waals surface area contributed by atoms with Crippen LogP contribution >= 0.6 is 0 Å². The second-order valence-corrected chi connectivity index (χ2v) is 4.45. The largest absolute Gasteiger partial charge is 0.496 e. The third kappa shape index (κ3) is 2.41. The highest BCUT2D eigenvalue weighted by molar-refractivity contribution is 5.53. The van der Waals surface area contributed by atoms with E-state index in [1.165, 1.54) is 0 Å². The van der Waals surface area contributed by atoms with E-state index in [-0.39, 0.29) is 0 Å². The van der Waals surface area contributed by atoms with Crippen molar-refractivity contribution >= 4 is 0 Å². The molecule has 1 unspecified atom stereocenters. The fourth-order valence-corrected chi connectivity index (χ4v) is 2.45. The molecule has 1 atom stereocenters. The number of hydrogen-bond donors (Lipinski definition) is 1. The van der Waals surface area contributed by atoms with Gasteiger partial charge in [0.15, 0.2) is 0 Å². The highest BCUT2D eigenvalue weighted by Gasteiger charge is 2.21. The summed E-state index contributed by atoms with van der Waals surface area (Å²) in [7, 11) is 3.23. The Kier molecular flexibility index (Phi) is 4.06. The Hall–Kier alpha value is -1.73. The molecule has 1 saturated heterocycles. The lowest BCUT2D eigenvalue weighted by Crippen LogP contribution is -2.28. The number of methoxy groups -OCH3 is 2. The smallest absolute Gasteiger partial charge is 0.137 e. The Morgan fingerprint density at radius 2 is 2.06 bits per heavy atom. The topological polar surface area (TPSA) is 54.3 Å². The van der Waals surface area contributed by atoms with Gasteiger partial charge in [-0.15, -0.1) is 0 Å². The molecule has 1 fully saturated rings. The third-order valence-corrected chi connectivity index (χ3v) is 3.41. The van der Waals surface area contributed by atoms with Gasteiger partial charge in [0.25, 0.3) is 0 Å². The van der Waals surface area contributed by atoms with E-state index in [2.05, 4.69) is 11.4 Å². The van der Waals surface area contributed by atoms with Gasteiger partial charge < -0.3 is 14.8 Å². The van der Waals surface area contributed by atoms with Crippen LogP contribution in [0, 0.1) is 11.3 Å². The van der Waals surface area contributed by atoms with Crippen molar-refractivity contribution in [3.05, 3.63) is 23.3 Å². The lowest BCUT2D eigenvalue weighted by molar-refractivity contribution is 0.383. The molecule has 1 N–H and O–H groups in total. The van der Waals surface area contributed by atoms with Crippen LogP contribution in [0.3, 0.4) is 0 Å². The van der Waals surface area contributed by atoms with Gasteiger partial charge >= 0.3 is 0 Å². The van der Waals surface area contributed by atoms with Gasteiger partial charge in [-0.3, -0.25) is 0 Å². The monoisotopic (exact) mass is 246 g/mol. The number of ether oxygens (including phenoxy) is 2. The molecule has 0 radical (unpaired) electrons. The molecule has 1 aliphatic heterocycles. The van der Waals surface area contributed by atoms with Crippen LogP contribution in [0.4, 0.5) is 0 Å². The minimum Gasteiger partial charge on any atom is -0.496 e. The van der Waals surface area contributed by atoms with Crippen LogP contribution in [0.15, 0.2) is 12.1 Å². The van der Waals surface area contributed by atoms with Crippen molar-refractivity contribution < 1.29 is 9.47 Å². The van der Waals surface area contributed by atoms with Crippen LogP contribution in [0.25, 0.3) is 0 Å². The van der Waals surface area contributed by atoms with E-state index in [4.69, 9.17) is 14.7 Å². The maximum Gasteiger partial charge on any atom is 0.137 e. The summed E-state index contributed by atoms with van der Waals surface area (Å²) in [4.78, 5) is 0. The Balaban J connectivity index is 2.41. The molecule has 1 aromatic carbocycles. The number of nitrogens with one attached hydrogen (secondary N) is 1. The fraction of sp³-hybridized carbons (Fsp3) is 0.500. The molecule has 0 spiro atoms. The van der Waals surface area contributed by atoms with E-state index in [0.29, 0.717) is 17.2 Å². The molecule has 2 rings (SSSR count). The number of rotatable bonds is 3. The second kappa shape index (κ2) is 5.74. The van der Waals surface area contributed by atoms with Crippen molar-refractivity contribution in [2.24, 2.45) is 0 Å². The van der Waals surface area contributed by atoms with E-state index >= 15 is 0 Å². The zero-order valence-corrected chi connectivity index (χ0v) is 10.8. The number of benzene rings is 1. The zero-order chi connectivity index (χ0) is 13.0. The van der Waals surface area contributed by atoms with Crippen LogP contribution in [-0.2, 0) is 0 Å². The highest BCUT2D eigenvalue weighted by atomic mass is 16.5. The maximum absolute atomic E-state index is 9.07. The van der Waals surface area contributed by atoms with Gasteiger partial charge in [-0.25, -0.2) is 0 Å². The SMILES string of the molecule is COc1cc(C2CCCNC2)c(OC)cc1C#N. The quantitative estimate of drug-likeness (QED) is 0.886. The molecule has 18 heavy (non-hydrogen) atoms. The van der Waals surface area contributed by atoms with Crippen LogP contribution < -0.4 is 14.8 Å². The molecule has 1 heterocycles. The summed E-state index contributed by atoms with van der Waals surface area (Å²) in [6.07, 6.45) is 2.30. The Morgan fingerprint density at radius 1 is 1.28 bits per heavy atom. The van der Waals surface area contributed by atoms with Crippen LogP contribution in [0.5, 0.6) is 11.5 Å². The van der Waals surface area contributed by atoms with Crippen molar-refractivity contribution in [1.82, 2.24) is 5.32 Å². The fourth-order valence-electron chi connectivity index (χ4n) is 2.45. The van der Waals surface area contributed by atoms with Gasteiger partial charge in [-0.05, 0) is 25.5 Å². The van der Waals surface area contributed by atoms with Gasteiger partial charge in [0.2, 0.25) is 0 Å². The molecule has 4 nitrogen and oxygen atoms in total. The molecule has 96 valence electrons. The molecule has 0 aromatic heterocycles. The lowest BCUT2D eigenvalue weighted by atomic mass is 9.90. The van der Waals surface area contributed by atoms with E-state index in [0.717, 1.165) is 37.2 Å². The van der Waals surface area contributed by atoms with Crippen molar-refractivity contribution in [2.75, 3.05) is 27.3 Å². The van der Waals surface area contributed by atoms with E-state index < -0.39 is 0 Å². The first-order valence-electron chi connectivity index (χ1n) is 6.17. The molecule has 0 bridgehead atoms. The van der Waals surface area contributed by atoms with Crippen molar-refractivity contribution in [1.29, 1.82) is 5.26 Å². The van der Waals surface area contributed by atoms with Gasteiger partial charge in [0.05, 0.1) is 19.8 Å². The zero-order valence-electron chi connectivity index (χ0n) is 10.8. The molecule has 4 heteroatoms. The number of nitriles is 1. The Bertz CT molecular complexity index is 460. The molecule has 0 saturated carbocycles. The van der Waals surface area contributed by atoms with Crippen molar-refractivity contribution in [3.8, 4) is 17.6 Å². The van der Waals surface area contributed by atoms with Gasteiger partial charge in [0.1, 0.15) is 17.6 Å². The van der Waals surface area contributed by atoms with Gasteiger partial charge in [-0.2, -0.15) is 5.26 Å². The van der Waals surface area contributed by atoms with Crippen molar-refractivity contribution in [3.63, 3.8) is 0 Å². The standard InChI is InChI=1S/C14H18N2O2/c1-17-13-7-12(10-4-3-5-16-9-10)14(18-2)6-11(13)8-15/h6-7,10,16H,3-5,9H2,1-2H3. The highest BCUT2D eigenvalue weighted by Crippen LogP contribution is 2.36. The molecular weight excluding hydrogens is 228 g/mol. The molecule has 1 aliphatic rings. The summed E-state index contributed by atoms with van der Waals surface area (Å²) in [6.45, 7) is 2.03. The first kappa shape index (κ1) is 12.7. The third-order valence-electron chi connectivity index (χ3n) is 3.41. The number of nitrogens with zero attached hydrogens (tertiary/aromatic N) is 1. The first-order chi connectivity index (χ1) is 8.80. The number of piperidine rings is 1. The summed E-state index contributed by atoms with van der Waals surface area (Å²) >= 11 is 0. The maximum atomic E-state index is 9.07. The predicted molar refractivity (Wildman–Crippen MR) is 69.1 cm³/mol. The average Bonchev–Trinajstić information content (AvgIpc) is 2.46. The van der Waals surface area contributed by atoms with Crippen LogP contribution in [-0.4, -0.2) is 27.3 Å². The van der Waals surface area contributed by atoms with Crippen LogP contribution in [0.1, 0.15) is 29.9 Å². The summed E-state index contributed by atoms with van der Waals surface area (Å²) in [5.74, 6) is 1.83. The van der Waals surface area contributed by atoms with E-state index in [1.807, 2.05) is 6.07 Å². The lowest BCUT2D eigenvalue weighted by Gasteiger charge is -2.25. The van der Waals surface area contributed by atoms with Gasteiger partial charge in [0, 0.05) is 24.1 Å². The Morgan fingerprint density at radius 3 is 2.61 bits per heavy atom. The van der Waals surface area contributed by atoms with Crippen LogP contribution in [0.2, 0.25) is 0 Å². The number of hydrogen-bond acceptors (Lipinski definition) is 4. The first-order valence-corrected chi connectivity index (χ1v) is 6.17. The summed E-state index contributed by atoms with van der Waals surface area (Å²) in [6, 6.07) is 5.84. The summed E-state index contributed by atoms with van der Waals surface area (Å²) in [5, 5.41) is 12.5. The normalized spacial score (nSPS) is 19.1. The predicted octanol–water partition coefficient (Wildman–Crippen LogP) is 2.04. The summed E-state index contributed by atoms with van der Waals surface area (Å²) < 4.78 is 10.7. The Labute approximate surface area is 108 Å². The van der Waals surface area contributed by atoms with E-state index in [9.17, 15) is 0 Å². The molecular formula is C14H18N2O2. The summed E-state index contributed by atoms with van der Waals surface area (Å²) in [5.41, 5.74) is 1.64. The van der Waals surface area contributed by atoms with Crippen molar-refractivity contribution in [2.45, 2.75) is 18.8 Å². The average molecular weight is 246 g/mol. The van der Waals surface area contributed by atoms with Gasteiger partial charge in [-0.1, -0.05) is 0 Å². The molecule has 0 amide bonds. The second-order valence-electron chi connectivity index (χ2n) is 4.45. The minimum atomic E-state index is 0.426. The molecule has 0 aliphatic carbocycles. The van der Waals surface area contributed by atoms with E-state index in [1.54, 1.807) is 20.3 Å². The molecule has 1 aromatic rings.